The Morgan fingerprint density at radius 2 is 2.11 bits per heavy atom. The number of nitrogens with zero attached hydrogens (tertiary/aromatic N) is 1. The van der Waals surface area contributed by atoms with Crippen LogP contribution in [0, 0.1) is 24.0 Å². The first-order valence-electron chi connectivity index (χ1n) is 8.31. The predicted octanol–water partition coefficient (Wildman–Crippen LogP) is 3.20. The van der Waals surface area contributed by atoms with Gasteiger partial charge in [-0.3, -0.25) is 10.1 Å². The van der Waals surface area contributed by atoms with Crippen molar-refractivity contribution in [3.63, 3.8) is 0 Å². The third-order valence-electron chi connectivity index (χ3n) is 4.27. The highest BCUT2D eigenvalue weighted by Crippen LogP contribution is 2.33. The average molecular weight is 373 g/mol. The maximum Gasteiger partial charge on any atom is 0.344 e. The molecule has 0 aliphatic carbocycles. The summed E-state index contributed by atoms with van der Waals surface area (Å²) in [7, 11) is 0. The summed E-state index contributed by atoms with van der Waals surface area (Å²) in [5.41, 5.74) is 2.87. The van der Waals surface area contributed by atoms with Crippen molar-refractivity contribution >= 4 is 11.7 Å². The van der Waals surface area contributed by atoms with Gasteiger partial charge < -0.3 is 18.9 Å². The van der Waals surface area contributed by atoms with Crippen LogP contribution >= 0.6 is 0 Å². The quantitative estimate of drug-likeness (QED) is 0.436. The van der Waals surface area contributed by atoms with Crippen LogP contribution in [0.4, 0.5) is 5.69 Å². The Balaban J connectivity index is 1.65. The lowest BCUT2D eigenvalue weighted by Crippen LogP contribution is -2.17. The molecule has 0 saturated carbocycles. The molecular weight excluding hydrogens is 354 g/mol. The first-order valence-corrected chi connectivity index (χ1v) is 8.31. The zero-order valence-corrected chi connectivity index (χ0v) is 15.0. The monoisotopic (exact) mass is 373 g/mol. The molecule has 0 unspecified atom stereocenters. The second kappa shape index (κ2) is 8.05. The molecule has 0 saturated heterocycles. The van der Waals surface area contributed by atoms with E-state index in [-0.39, 0.29) is 32.3 Å². The van der Waals surface area contributed by atoms with E-state index in [4.69, 9.17) is 18.9 Å². The molecule has 0 bridgehead atoms. The van der Waals surface area contributed by atoms with Gasteiger partial charge >= 0.3 is 5.97 Å². The fourth-order valence-corrected chi connectivity index (χ4v) is 2.71. The number of ether oxygens (including phenoxy) is 4. The van der Waals surface area contributed by atoms with Gasteiger partial charge in [0.05, 0.1) is 11.5 Å². The molecule has 1 aliphatic rings. The van der Waals surface area contributed by atoms with Gasteiger partial charge in [-0.25, -0.2) is 4.79 Å². The number of non-ortho nitro benzene ring substituents is 1. The van der Waals surface area contributed by atoms with Crippen LogP contribution in [-0.2, 0) is 27.5 Å². The average Bonchev–Trinajstić information content (AvgIpc) is 2.67. The largest absolute Gasteiger partial charge is 0.482 e. The third-order valence-corrected chi connectivity index (χ3v) is 4.27. The molecule has 1 aliphatic heterocycles. The zero-order chi connectivity index (χ0) is 19.4. The number of esters is 1. The molecule has 0 N–H and O–H groups in total. The third kappa shape index (κ3) is 4.35. The molecule has 3 rings (SSSR count). The number of nitro benzene ring substituents is 1. The zero-order valence-electron chi connectivity index (χ0n) is 15.0. The number of rotatable bonds is 6. The maximum absolute atomic E-state index is 12.0. The highest BCUT2D eigenvalue weighted by Gasteiger charge is 2.22. The fraction of sp³-hybridized carbons (Fsp3) is 0.316. The van der Waals surface area contributed by atoms with Gasteiger partial charge in [0.25, 0.3) is 5.69 Å². The first kappa shape index (κ1) is 18.7. The molecule has 1 heterocycles. The molecule has 0 radical (unpaired) electrons. The number of carbonyl (C=O) groups is 1. The van der Waals surface area contributed by atoms with Crippen molar-refractivity contribution in [2.45, 2.75) is 27.1 Å². The lowest BCUT2D eigenvalue weighted by Gasteiger charge is -2.20. The normalized spacial score (nSPS) is 12.7. The summed E-state index contributed by atoms with van der Waals surface area (Å²) < 4.78 is 21.3. The van der Waals surface area contributed by atoms with E-state index in [1.807, 2.05) is 26.0 Å². The number of fused-ring (bicyclic) bond motifs is 1. The predicted molar refractivity (Wildman–Crippen MR) is 94.6 cm³/mol. The number of hydrogen-bond donors (Lipinski definition) is 0. The van der Waals surface area contributed by atoms with Crippen LogP contribution in [0.5, 0.6) is 11.5 Å². The number of carbonyl (C=O) groups excluding carboxylic acids is 1. The van der Waals surface area contributed by atoms with Gasteiger partial charge in [0.15, 0.2) is 13.4 Å². The van der Waals surface area contributed by atoms with Crippen LogP contribution < -0.4 is 9.47 Å². The molecule has 0 amide bonds. The summed E-state index contributed by atoms with van der Waals surface area (Å²) >= 11 is 0. The standard InChI is InChI=1S/C19H19NO7/c1-12-4-3-5-17(13(12)2)25-10-18(21)26-9-15-7-16(20(22)23)6-14-8-24-11-27-19(14)15/h3-7H,8-11H2,1-2H3. The molecule has 8 nitrogen and oxygen atoms in total. The Morgan fingerprint density at radius 3 is 2.89 bits per heavy atom. The second-order valence-corrected chi connectivity index (χ2v) is 6.11. The van der Waals surface area contributed by atoms with Crippen molar-refractivity contribution in [3.8, 4) is 11.5 Å². The Kier molecular flexibility index (Phi) is 5.56. The fourth-order valence-electron chi connectivity index (χ4n) is 2.71. The summed E-state index contributed by atoms with van der Waals surface area (Å²) in [6.45, 7) is 3.69. The summed E-state index contributed by atoms with van der Waals surface area (Å²) in [5.74, 6) is 0.485. The molecule has 0 fully saturated rings. The van der Waals surface area contributed by atoms with Crippen LogP contribution in [0.25, 0.3) is 0 Å². The molecule has 2 aromatic carbocycles. The van der Waals surface area contributed by atoms with Crippen LogP contribution in [0.2, 0.25) is 0 Å². The summed E-state index contributed by atoms with van der Waals surface area (Å²) in [6, 6.07) is 8.31. The number of hydrogen-bond acceptors (Lipinski definition) is 7. The first-order chi connectivity index (χ1) is 13.0. The molecule has 0 spiro atoms. The van der Waals surface area contributed by atoms with Crippen molar-refractivity contribution in [2.75, 3.05) is 13.4 Å². The summed E-state index contributed by atoms with van der Waals surface area (Å²) in [5, 5.41) is 11.1. The molecule has 8 heteroatoms. The summed E-state index contributed by atoms with van der Waals surface area (Å²) in [4.78, 5) is 22.6. The highest BCUT2D eigenvalue weighted by molar-refractivity contribution is 5.71. The van der Waals surface area contributed by atoms with Gasteiger partial charge in [0.1, 0.15) is 18.1 Å². The lowest BCUT2D eigenvalue weighted by molar-refractivity contribution is -0.385. The number of aryl methyl sites for hydroxylation is 1. The van der Waals surface area contributed by atoms with E-state index in [2.05, 4.69) is 0 Å². The number of benzene rings is 2. The van der Waals surface area contributed by atoms with Crippen molar-refractivity contribution in [1.82, 2.24) is 0 Å². The molecular formula is C19H19NO7. The molecule has 142 valence electrons. The van der Waals surface area contributed by atoms with Crippen molar-refractivity contribution in [3.05, 3.63) is 62.7 Å². The van der Waals surface area contributed by atoms with Gasteiger partial charge in [-0.15, -0.1) is 0 Å². The van der Waals surface area contributed by atoms with Crippen molar-refractivity contribution in [1.29, 1.82) is 0 Å². The van der Waals surface area contributed by atoms with Gasteiger partial charge in [-0.2, -0.15) is 0 Å². The minimum Gasteiger partial charge on any atom is -0.482 e. The van der Waals surface area contributed by atoms with E-state index in [1.54, 1.807) is 6.07 Å². The SMILES string of the molecule is Cc1cccc(OCC(=O)OCc2cc([N+](=O)[O-])cc3c2OCOC3)c1C. The van der Waals surface area contributed by atoms with Gasteiger partial charge in [-0.1, -0.05) is 12.1 Å². The van der Waals surface area contributed by atoms with E-state index in [9.17, 15) is 14.9 Å². The second-order valence-electron chi connectivity index (χ2n) is 6.11. The molecule has 0 aromatic heterocycles. The van der Waals surface area contributed by atoms with Crippen LogP contribution in [0.3, 0.4) is 0 Å². The van der Waals surface area contributed by atoms with E-state index in [0.717, 1.165) is 11.1 Å². The Morgan fingerprint density at radius 1 is 1.30 bits per heavy atom. The van der Waals surface area contributed by atoms with E-state index >= 15 is 0 Å². The van der Waals surface area contributed by atoms with Crippen molar-refractivity contribution < 1.29 is 28.7 Å². The van der Waals surface area contributed by atoms with Crippen LogP contribution in [0.1, 0.15) is 22.3 Å². The number of nitro groups is 1. The highest BCUT2D eigenvalue weighted by atomic mass is 16.7. The Labute approximate surface area is 155 Å². The topological polar surface area (TPSA) is 97.1 Å². The van der Waals surface area contributed by atoms with Crippen LogP contribution in [0.15, 0.2) is 30.3 Å². The Hall–Kier alpha value is -3.13. The minimum atomic E-state index is -0.580. The molecule has 27 heavy (non-hydrogen) atoms. The minimum absolute atomic E-state index is 0.0432. The summed E-state index contributed by atoms with van der Waals surface area (Å²) in [6.07, 6.45) is 0. The van der Waals surface area contributed by atoms with Crippen molar-refractivity contribution in [2.24, 2.45) is 0 Å². The molecule has 0 atom stereocenters. The molecule has 2 aromatic rings. The lowest BCUT2D eigenvalue weighted by atomic mass is 10.1. The van der Waals surface area contributed by atoms with Gasteiger partial charge in [0.2, 0.25) is 0 Å². The van der Waals surface area contributed by atoms with Gasteiger partial charge in [0, 0.05) is 23.3 Å². The van der Waals surface area contributed by atoms with E-state index < -0.39 is 10.9 Å². The van der Waals surface area contributed by atoms with E-state index in [0.29, 0.717) is 22.6 Å². The smallest absolute Gasteiger partial charge is 0.344 e. The van der Waals surface area contributed by atoms with Crippen LogP contribution in [-0.4, -0.2) is 24.3 Å². The van der Waals surface area contributed by atoms with Gasteiger partial charge in [-0.05, 0) is 31.0 Å². The Bertz CT molecular complexity index is 879. The van der Waals surface area contributed by atoms with E-state index in [1.165, 1.54) is 12.1 Å². The maximum atomic E-state index is 12.0.